The Hall–Kier alpha value is -1.15. The van der Waals surface area contributed by atoms with Gasteiger partial charge in [-0.2, -0.15) is 0 Å². The van der Waals surface area contributed by atoms with Crippen molar-refractivity contribution in [3.05, 3.63) is 35.9 Å². The minimum absolute atomic E-state index is 0.123. The van der Waals surface area contributed by atoms with Crippen molar-refractivity contribution in [2.45, 2.75) is 63.5 Å². The van der Waals surface area contributed by atoms with Crippen LogP contribution in [0.3, 0.4) is 0 Å². The molecule has 3 rings (SSSR count). The van der Waals surface area contributed by atoms with Gasteiger partial charge >= 0.3 is 0 Å². The normalized spacial score (nSPS) is 29.7. The molecule has 1 aliphatic carbocycles. The molecule has 2 heteroatoms. The van der Waals surface area contributed by atoms with E-state index in [9.17, 15) is 4.79 Å². The van der Waals surface area contributed by atoms with Gasteiger partial charge in [0.1, 0.15) is 5.78 Å². The number of nitrogens with one attached hydrogen (secondary N) is 1. The van der Waals surface area contributed by atoms with Crippen LogP contribution in [-0.4, -0.2) is 17.9 Å². The number of hydrogen-bond donors (Lipinski definition) is 1. The molecule has 108 valence electrons. The summed E-state index contributed by atoms with van der Waals surface area (Å²) in [6, 6.07) is 11.1. The van der Waals surface area contributed by atoms with Gasteiger partial charge in [0.15, 0.2) is 0 Å². The molecule has 1 aromatic carbocycles. The zero-order chi connectivity index (χ0) is 13.8. The van der Waals surface area contributed by atoms with Crippen molar-refractivity contribution in [1.29, 1.82) is 0 Å². The van der Waals surface area contributed by atoms with E-state index < -0.39 is 0 Å². The number of rotatable bonds is 4. The predicted octanol–water partition coefficient (Wildman–Crippen LogP) is 3.50. The molecular weight excluding hydrogens is 246 g/mol. The summed E-state index contributed by atoms with van der Waals surface area (Å²) in [7, 11) is 0. The summed E-state index contributed by atoms with van der Waals surface area (Å²) >= 11 is 0. The van der Waals surface area contributed by atoms with Crippen LogP contribution in [0.5, 0.6) is 0 Å². The van der Waals surface area contributed by atoms with E-state index in [0.29, 0.717) is 18.2 Å². The van der Waals surface area contributed by atoms with Crippen molar-refractivity contribution >= 4 is 5.78 Å². The van der Waals surface area contributed by atoms with Gasteiger partial charge in [-0.3, -0.25) is 4.79 Å². The Balaban J connectivity index is 1.50. The number of ketones is 1. The van der Waals surface area contributed by atoms with Crippen LogP contribution in [0, 0.1) is 5.92 Å². The highest BCUT2D eigenvalue weighted by molar-refractivity contribution is 5.84. The maximum atomic E-state index is 12.4. The molecule has 20 heavy (non-hydrogen) atoms. The Bertz CT molecular complexity index is 442. The lowest BCUT2D eigenvalue weighted by Crippen LogP contribution is -2.52. The van der Waals surface area contributed by atoms with Gasteiger partial charge in [0.2, 0.25) is 0 Å². The molecule has 2 nitrogen and oxygen atoms in total. The summed E-state index contributed by atoms with van der Waals surface area (Å²) in [6.07, 6.45) is 9.21. The number of piperidine rings is 1. The monoisotopic (exact) mass is 271 g/mol. The maximum absolute atomic E-state index is 12.4. The minimum Gasteiger partial charge on any atom is -0.304 e. The van der Waals surface area contributed by atoms with E-state index in [-0.39, 0.29) is 6.04 Å². The molecule has 0 amide bonds. The Morgan fingerprint density at radius 1 is 1.05 bits per heavy atom. The Labute approximate surface area is 122 Å². The lowest BCUT2D eigenvalue weighted by molar-refractivity contribution is -0.122. The third kappa shape index (κ3) is 3.29. The first-order valence-electron chi connectivity index (χ1n) is 8.15. The number of fused-ring (bicyclic) bond motifs is 1. The number of aryl methyl sites for hydroxylation is 1. The molecule has 1 heterocycles. The second-order valence-corrected chi connectivity index (χ2v) is 6.40. The van der Waals surface area contributed by atoms with Crippen LogP contribution in [0.25, 0.3) is 0 Å². The van der Waals surface area contributed by atoms with Crippen LogP contribution < -0.4 is 5.32 Å². The summed E-state index contributed by atoms with van der Waals surface area (Å²) in [5.74, 6) is 1.25. The van der Waals surface area contributed by atoms with Gasteiger partial charge < -0.3 is 5.32 Å². The fourth-order valence-electron chi connectivity index (χ4n) is 3.84. The van der Waals surface area contributed by atoms with Crippen LogP contribution in [0.2, 0.25) is 0 Å². The summed E-state index contributed by atoms with van der Waals surface area (Å²) in [5, 5.41) is 3.64. The van der Waals surface area contributed by atoms with E-state index in [1.165, 1.54) is 37.7 Å². The van der Waals surface area contributed by atoms with E-state index in [1.807, 2.05) is 18.2 Å². The first-order valence-corrected chi connectivity index (χ1v) is 8.15. The van der Waals surface area contributed by atoms with Gasteiger partial charge in [0.05, 0.1) is 6.04 Å². The molecule has 2 fully saturated rings. The Morgan fingerprint density at radius 3 is 2.70 bits per heavy atom. The fourth-order valence-corrected chi connectivity index (χ4v) is 3.84. The lowest BCUT2D eigenvalue weighted by Gasteiger charge is -2.40. The van der Waals surface area contributed by atoms with Crippen molar-refractivity contribution in [2.75, 3.05) is 0 Å². The predicted molar refractivity (Wildman–Crippen MR) is 81.7 cm³/mol. The van der Waals surface area contributed by atoms with E-state index in [0.717, 1.165) is 18.8 Å². The molecule has 2 aliphatic rings. The molecule has 0 bridgehead atoms. The van der Waals surface area contributed by atoms with Crippen molar-refractivity contribution < 1.29 is 4.79 Å². The second-order valence-electron chi connectivity index (χ2n) is 6.40. The lowest BCUT2D eigenvalue weighted by atomic mass is 9.77. The molecule has 3 atom stereocenters. The average Bonchev–Trinajstić information content (AvgIpc) is 2.53. The zero-order valence-electron chi connectivity index (χ0n) is 12.2. The fraction of sp³-hybridized carbons (Fsp3) is 0.611. The third-order valence-electron chi connectivity index (χ3n) is 5.04. The van der Waals surface area contributed by atoms with E-state index >= 15 is 0 Å². The summed E-state index contributed by atoms with van der Waals surface area (Å²) < 4.78 is 0. The number of carbonyl (C=O) groups is 1. The van der Waals surface area contributed by atoms with E-state index in [2.05, 4.69) is 17.4 Å². The van der Waals surface area contributed by atoms with Crippen LogP contribution in [0.4, 0.5) is 0 Å². The van der Waals surface area contributed by atoms with E-state index in [1.54, 1.807) is 0 Å². The van der Waals surface area contributed by atoms with Gasteiger partial charge in [-0.1, -0.05) is 43.2 Å². The first-order chi connectivity index (χ1) is 9.83. The van der Waals surface area contributed by atoms with Crippen LogP contribution in [0.15, 0.2) is 30.3 Å². The van der Waals surface area contributed by atoms with Gasteiger partial charge in [-0.15, -0.1) is 0 Å². The minimum atomic E-state index is 0.123. The van der Waals surface area contributed by atoms with Gasteiger partial charge in [-0.25, -0.2) is 0 Å². The van der Waals surface area contributed by atoms with Crippen molar-refractivity contribution in [2.24, 2.45) is 5.92 Å². The average molecular weight is 271 g/mol. The quantitative estimate of drug-likeness (QED) is 0.908. The molecule has 1 saturated heterocycles. The molecule has 0 radical (unpaired) electrons. The molecule has 1 saturated carbocycles. The van der Waals surface area contributed by atoms with Crippen molar-refractivity contribution in [3.8, 4) is 0 Å². The molecule has 1 aromatic rings. The molecule has 1 aliphatic heterocycles. The van der Waals surface area contributed by atoms with Crippen LogP contribution in [0.1, 0.15) is 50.5 Å². The molecule has 3 unspecified atom stereocenters. The maximum Gasteiger partial charge on any atom is 0.150 e. The zero-order valence-corrected chi connectivity index (χ0v) is 12.2. The summed E-state index contributed by atoms with van der Waals surface area (Å²) in [4.78, 5) is 12.4. The van der Waals surface area contributed by atoms with Crippen LogP contribution in [-0.2, 0) is 11.2 Å². The standard InChI is InChI=1S/C18H25NO/c20-18(13-10-14-6-2-1-3-7-14)17-12-11-15-8-4-5-9-16(15)19-17/h1-3,6-7,15-17,19H,4-5,8-13H2. The van der Waals surface area contributed by atoms with Gasteiger partial charge in [0, 0.05) is 12.5 Å². The summed E-state index contributed by atoms with van der Waals surface area (Å²) in [6.45, 7) is 0. The Kier molecular flexibility index (Phi) is 4.51. The topological polar surface area (TPSA) is 29.1 Å². The third-order valence-corrected chi connectivity index (χ3v) is 5.04. The van der Waals surface area contributed by atoms with Crippen molar-refractivity contribution in [3.63, 3.8) is 0 Å². The summed E-state index contributed by atoms with van der Waals surface area (Å²) in [5.41, 5.74) is 1.27. The second kappa shape index (κ2) is 6.53. The van der Waals surface area contributed by atoms with Gasteiger partial charge in [-0.05, 0) is 43.6 Å². The molecular formula is C18H25NO. The number of Topliss-reactive ketones (excluding diaryl/α,β-unsaturated/α-hetero) is 1. The SMILES string of the molecule is O=C(CCc1ccccc1)C1CCC2CCCCC2N1. The number of carbonyl (C=O) groups excluding carboxylic acids is 1. The molecule has 0 aromatic heterocycles. The van der Waals surface area contributed by atoms with E-state index in [4.69, 9.17) is 0 Å². The smallest absolute Gasteiger partial charge is 0.150 e. The van der Waals surface area contributed by atoms with Crippen molar-refractivity contribution in [1.82, 2.24) is 5.32 Å². The van der Waals surface area contributed by atoms with Crippen LogP contribution >= 0.6 is 0 Å². The number of benzene rings is 1. The molecule has 0 spiro atoms. The first kappa shape index (κ1) is 13.8. The highest BCUT2D eigenvalue weighted by atomic mass is 16.1. The number of hydrogen-bond acceptors (Lipinski definition) is 2. The highest BCUT2D eigenvalue weighted by Gasteiger charge is 2.33. The highest BCUT2D eigenvalue weighted by Crippen LogP contribution is 2.32. The molecule has 1 N–H and O–H groups in total. The van der Waals surface area contributed by atoms with Gasteiger partial charge in [0.25, 0.3) is 0 Å². The largest absolute Gasteiger partial charge is 0.304 e. The Morgan fingerprint density at radius 2 is 1.85 bits per heavy atom.